The van der Waals surface area contributed by atoms with Crippen LogP contribution >= 0.6 is 0 Å². The van der Waals surface area contributed by atoms with Gasteiger partial charge < -0.3 is 9.84 Å². The van der Waals surface area contributed by atoms with Gasteiger partial charge in [-0.15, -0.1) is 0 Å². The lowest BCUT2D eigenvalue weighted by Gasteiger charge is -2.07. The van der Waals surface area contributed by atoms with Crippen molar-refractivity contribution in [3.63, 3.8) is 0 Å². The molecule has 26 heavy (non-hydrogen) atoms. The van der Waals surface area contributed by atoms with Crippen molar-refractivity contribution in [2.45, 2.75) is 25.7 Å². The molecule has 2 N–H and O–H groups in total. The van der Waals surface area contributed by atoms with Gasteiger partial charge in [0.15, 0.2) is 0 Å². The summed E-state index contributed by atoms with van der Waals surface area (Å²) in [7, 11) is 0. The van der Waals surface area contributed by atoms with Gasteiger partial charge in [0.1, 0.15) is 5.75 Å². The molecule has 2 aromatic heterocycles. The quantitative estimate of drug-likeness (QED) is 0.616. The molecule has 0 aliphatic carbocycles. The molecule has 0 aliphatic rings. The number of carboxylic acid groups (broad SMARTS) is 1. The second-order valence-corrected chi connectivity index (χ2v) is 6.01. The number of ether oxygens (including phenoxy) is 1. The van der Waals surface area contributed by atoms with E-state index in [2.05, 4.69) is 39.4 Å². The van der Waals surface area contributed by atoms with E-state index < -0.39 is 5.97 Å². The number of nitrogens with one attached hydrogen (secondary N) is 1. The fourth-order valence-electron chi connectivity index (χ4n) is 2.63. The molecule has 6 heteroatoms. The number of hydrogen-bond acceptors (Lipinski definition) is 4. The Hall–Kier alpha value is -3.15. The van der Waals surface area contributed by atoms with E-state index in [-0.39, 0.29) is 6.42 Å². The second kappa shape index (κ2) is 8.80. The number of rotatable bonds is 9. The normalized spacial score (nSPS) is 10.6. The number of aliphatic carboxylic acids is 1. The molecular weight excluding hydrogens is 330 g/mol. The molecule has 0 amide bonds. The number of aromatic nitrogens is 3. The van der Waals surface area contributed by atoms with Gasteiger partial charge in [-0.1, -0.05) is 24.3 Å². The first-order chi connectivity index (χ1) is 12.7. The molecule has 0 saturated heterocycles. The first-order valence-electron chi connectivity index (χ1n) is 8.59. The highest BCUT2D eigenvalue weighted by atomic mass is 16.5. The fraction of sp³-hybridized carbons (Fsp3) is 0.250. The topological polar surface area (TPSA) is 88.1 Å². The lowest BCUT2D eigenvalue weighted by atomic mass is 10.0. The largest absolute Gasteiger partial charge is 0.492 e. The average Bonchev–Trinajstić information content (AvgIpc) is 3.18. The lowest BCUT2D eigenvalue weighted by molar-refractivity contribution is -0.137. The van der Waals surface area contributed by atoms with Crippen LogP contribution in [-0.4, -0.2) is 32.9 Å². The minimum atomic E-state index is -0.745. The van der Waals surface area contributed by atoms with E-state index in [0.717, 1.165) is 35.5 Å². The van der Waals surface area contributed by atoms with Crippen molar-refractivity contribution in [2.75, 3.05) is 6.61 Å². The Morgan fingerprint density at radius 1 is 1.04 bits per heavy atom. The van der Waals surface area contributed by atoms with Crippen LogP contribution in [-0.2, 0) is 17.6 Å². The predicted octanol–water partition coefficient (Wildman–Crippen LogP) is 3.50. The van der Waals surface area contributed by atoms with Gasteiger partial charge in [-0.05, 0) is 42.2 Å². The van der Waals surface area contributed by atoms with Crippen LogP contribution in [0.25, 0.3) is 11.4 Å². The van der Waals surface area contributed by atoms with Crippen molar-refractivity contribution in [1.82, 2.24) is 15.2 Å². The molecule has 0 bridgehead atoms. The summed E-state index contributed by atoms with van der Waals surface area (Å²) < 4.78 is 5.75. The van der Waals surface area contributed by atoms with E-state index >= 15 is 0 Å². The monoisotopic (exact) mass is 351 g/mol. The Bertz CT molecular complexity index is 813. The van der Waals surface area contributed by atoms with Crippen LogP contribution in [0.15, 0.2) is 54.9 Å². The molecule has 134 valence electrons. The van der Waals surface area contributed by atoms with Crippen LogP contribution in [0.1, 0.15) is 24.0 Å². The molecule has 0 aliphatic heterocycles. The number of aromatic amines is 1. The number of benzene rings is 1. The Morgan fingerprint density at radius 2 is 1.81 bits per heavy atom. The van der Waals surface area contributed by atoms with Crippen LogP contribution in [0.4, 0.5) is 0 Å². The first-order valence-corrected chi connectivity index (χ1v) is 8.59. The summed E-state index contributed by atoms with van der Waals surface area (Å²) in [5, 5.41) is 15.5. The molecule has 0 saturated carbocycles. The molecule has 1 aromatic carbocycles. The van der Waals surface area contributed by atoms with Gasteiger partial charge in [0.05, 0.1) is 24.2 Å². The highest BCUT2D eigenvalue weighted by molar-refractivity contribution is 5.66. The van der Waals surface area contributed by atoms with E-state index in [1.165, 1.54) is 5.56 Å². The Kier molecular flexibility index (Phi) is 5.98. The molecule has 3 aromatic rings. The second-order valence-electron chi connectivity index (χ2n) is 6.01. The summed E-state index contributed by atoms with van der Waals surface area (Å²) in [6, 6.07) is 13.9. The maximum atomic E-state index is 10.5. The highest BCUT2D eigenvalue weighted by Gasteiger charge is 2.02. The SMILES string of the molecule is O=C(O)CCCc1ccc(CCOc2ccc(-c3ccn[nH]3)nc2)cc1. The number of hydrogen-bond donors (Lipinski definition) is 2. The zero-order valence-electron chi connectivity index (χ0n) is 14.4. The van der Waals surface area contributed by atoms with Crippen LogP contribution in [0.5, 0.6) is 5.75 Å². The van der Waals surface area contributed by atoms with E-state index in [4.69, 9.17) is 9.84 Å². The summed E-state index contributed by atoms with van der Waals surface area (Å²) in [5.41, 5.74) is 4.05. The first kappa shape index (κ1) is 17.7. The molecule has 3 rings (SSSR count). The van der Waals surface area contributed by atoms with Gasteiger partial charge in [-0.2, -0.15) is 5.10 Å². The number of H-pyrrole nitrogens is 1. The summed E-state index contributed by atoms with van der Waals surface area (Å²) in [4.78, 5) is 14.9. The Morgan fingerprint density at radius 3 is 2.42 bits per heavy atom. The predicted molar refractivity (Wildman–Crippen MR) is 98.0 cm³/mol. The summed E-state index contributed by atoms with van der Waals surface area (Å²) in [6.07, 6.45) is 5.87. The third-order valence-electron chi connectivity index (χ3n) is 4.05. The van der Waals surface area contributed by atoms with Gasteiger partial charge in [0.2, 0.25) is 0 Å². The molecule has 0 unspecified atom stereocenters. The van der Waals surface area contributed by atoms with E-state index in [0.29, 0.717) is 13.0 Å². The number of carboxylic acids is 1. The fourth-order valence-corrected chi connectivity index (χ4v) is 2.63. The number of nitrogens with zero attached hydrogens (tertiary/aromatic N) is 2. The molecule has 2 heterocycles. The van der Waals surface area contributed by atoms with Gasteiger partial charge in [0, 0.05) is 19.0 Å². The van der Waals surface area contributed by atoms with Crippen LogP contribution in [0.3, 0.4) is 0 Å². The maximum Gasteiger partial charge on any atom is 0.303 e. The molecule has 0 radical (unpaired) electrons. The minimum absolute atomic E-state index is 0.211. The summed E-state index contributed by atoms with van der Waals surface area (Å²) >= 11 is 0. The standard InChI is InChI=1S/C20H21N3O3/c24-20(25)3-1-2-15-4-6-16(7-5-15)11-13-26-17-8-9-18(21-14-17)19-10-12-22-23-19/h4-10,12,14H,1-3,11,13H2,(H,22,23)(H,24,25). The van der Waals surface area contributed by atoms with Crippen molar-refractivity contribution >= 4 is 5.97 Å². The number of pyridine rings is 1. The number of carbonyl (C=O) groups is 1. The summed E-state index contributed by atoms with van der Waals surface area (Å²) in [5.74, 6) is -0.00980. The summed E-state index contributed by atoms with van der Waals surface area (Å²) in [6.45, 7) is 0.573. The lowest BCUT2D eigenvalue weighted by Crippen LogP contribution is -2.02. The van der Waals surface area contributed by atoms with Gasteiger partial charge in [-0.3, -0.25) is 14.9 Å². The minimum Gasteiger partial charge on any atom is -0.492 e. The van der Waals surface area contributed by atoms with Gasteiger partial charge in [0.25, 0.3) is 0 Å². The van der Waals surface area contributed by atoms with E-state index in [1.54, 1.807) is 12.4 Å². The molecule has 6 nitrogen and oxygen atoms in total. The third kappa shape index (κ3) is 5.17. The van der Waals surface area contributed by atoms with Gasteiger partial charge >= 0.3 is 5.97 Å². The van der Waals surface area contributed by atoms with Crippen LogP contribution in [0, 0.1) is 0 Å². The number of aryl methyl sites for hydroxylation is 1. The zero-order chi connectivity index (χ0) is 18.2. The van der Waals surface area contributed by atoms with E-state index in [9.17, 15) is 4.79 Å². The third-order valence-corrected chi connectivity index (χ3v) is 4.05. The average molecular weight is 351 g/mol. The van der Waals surface area contributed by atoms with Crippen molar-refractivity contribution in [1.29, 1.82) is 0 Å². The van der Waals surface area contributed by atoms with Crippen molar-refractivity contribution in [2.24, 2.45) is 0 Å². The van der Waals surface area contributed by atoms with Crippen molar-refractivity contribution in [3.05, 3.63) is 66.0 Å². The smallest absolute Gasteiger partial charge is 0.303 e. The molecule has 0 atom stereocenters. The van der Waals surface area contributed by atoms with Gasteiger partial charge in [-0.25, -0.2) is 0 Å². The molecular formula is C20H21N3O3. The van der Waals surface area contributed by atoms with Crippen molar-refractivity contribution in [3.8, 4) is 17.1 Å². The van der Waals surface area contributed by atoms with E-state index in [1.807, 2.05) is 18.2 Å². The van der Waals surface area contributed by atoms with Crippen molar-refractivity contribution < 1.29 is 14.6 Å². The van der Waals surface area contributed by atoms with Crippen LogP contribution in [0.2, 0.25) is 0 Å². The zero-order valence-corrected chi connectivity index (χ0v) is 14.4. The highest BCUT2D eigenvalue weighted by Crippen LogP contribution is 2.17. The Balaban J connectivity index is 1.43. The maximum absolute atomic E-state index is 10.5. The Labute approximate surface area is 151 Å². The van der Waals surface area contributed by atoms with Crippen LogP contribution < -0.4 is 4.74 Å². The molecule has 0 spiro atoms. The molecule has 0 fully saturated rings.